The van der Waals surface area contributed by atoms with Crippen LogP contribution in [0.25, 0.3) is 0 Å². The molecule has 0 spiro atoms. The average molecular weight is 241 g/mol. The fourth-order valence-corrected chi connectivity index (χ4v) is 2.11. The normalized spacial score (nSPS) is 13.2. The highest BCUT2D eigenvalue weighted by Gasteiger charge is 2.24. The molecule has 0 N–H and O–H groups in total. The highest BCUT2D eigenvalue weighted by atomic mass is 28.4. The van der Waals surface area contributed by atoms with E-state index in [0.29, 0.717) is 0 Å². The maximum absolute atomic E-state index is 13.4. The number of hydrogen-bond acceptors (Lipinski definition) is 2. The van der Waals surface area contributed by atoms with Crippen molar-refractivity contribution in [2.24, 2.45) is 0 Å². The fraction of sp³-hybridized carbons (Fsp3) is 0.364. The van der Waals surface area contributed by atoms with Crippen LogP contribution in [-0.2, 0) is 4.43 Å². The van der Waals surface area contributed by atoms with Crippen molar-refractivity contribution in [3.05, 3.63) is 35.4 Å². The van der Waals surface area contributed by atoms with Crippen LogP contribution in [0.3, 0.4) is 0 Å². The minimum atomic E-state index is -1.94. The van der Waals surface area contributed by atoms with Gasteiger partial charge >= 0.3 is 0 Å². The second-order valence-electron chi connectivity index (χ2n) is 4.41. The molecule has 0 amide bonds. The zero-order valence-electron chi connectivity index (χ0n) is 9.42. The van der Waals surface area contributed by atoms with Crippen molar-refractivity contribution in [2.45, 2.75) is 25.7 Å². The molecule has 0 radical (unpaired) electrons. The Morgan fingerprint density at radius 3 is 2.38 bits per heavy atom. The van der Waals surface area contributed by atoms with Gasteiger partial charge in [0.15, 0.2) is 14.4 Å². The zero-order valence-corrected chi connectivity index (χ0v) is 10.4. The van der Waals surface area contributed by atoms with E-state index >= 15 is 0 Å². The molecule has 0 saturated carbocycles. The lowest BCUT2D eigenvalue weighted by Gasteiger charge is -2.22. The van der Waals surface area contributed by atoms with E-state index < -0.39 is 26.1 Å². The fourth-order valence-electron chi connectivity index (χ4n) is 1.23. The molecule has 0 aliphatic heterocycles. The number of hydrogen-bond donors (Lipinski definition) is 0. The van der Waals surface area contributed by atoms with Crippen LogP contribution in [0.2, 0.25) is 19.6 Å². The first-order valence-electron chi connectivity index (χ1n) is 4.86. The Morgan fingerprint density at radius 1 is 1.31 bits per heavy atom. The SMILES string of the molecule is C[Si](C)(C)OC(C#N)c1ccc(F)cc1F. The molecule has 5 heteroatoms. The zero-order chi connectivity index (χ0) is 12.3. The van der Waals surface area contributed by atoms with Crippen LogP contribution < -0.4 is 0 Å². The summed E-state index contributed by atoms with van der Waals surface area (Å²) in [6.07, 6.45) is -0.965. The molecule has 86 valence electrons. The maximum atomic E-state index is 13.4. The van der Waals surface area contributed by atoms with Crippen molar-refractivity contribution in [3.63, 3.8) is 0 Å². The Morgan fingerprint density at radius 2 is 1.94 bits per heavy atom. The third-order valence-corrected chi connectivity index (χ3v) is 2.78. The molecule has 16 heavy (non-hydrogen) atoms. The van der Waals surface area contributed by atoms with Crippen LogP contribution in [0.4, 0.5) is 8.78 Å². The second kappa shape index (κ2) is 4.72. The summed E-state index contributed by atoms with van der Waals surface area (Å²) >= 11 is 0. The number of benzene rings is 1. The van der Waals surface area contributed by atoms with E-state index in [1.165, 1.54) is 6.07 Å². The molecular formula is C11H13F2NOSi. The maximum Gasteiger partial charge on any atom is 0.186 e. The molecule has 0 saturated heterocycles. The first-order valence-corrected chi connectivity index (χ1v) is 8.27. The summed E-state index contributed by atoms with van der Waals surface area (Å²) in [6, 6.07) is 5.01. The molecule has 1 aromatic carbocycles. The van der Waals surface area contributed by atoms with Gasteiger partial charge in [-0.05, 0) is 31.8 Å². The largest absolute Gasteiger partial charge is 0.399 e. The van der Waals surface area contributed by atoms with Crippen molar-refractivity contribution in [2.75, 3.05) is 0 Å². The van der Waals surface area contributed by atoms with E-state index in [0.717, 1.165) is 12.1 Å². The van der Waals surface area contributed by atoms with Gasteiger partial charge in [-0.3, -0.25) is 0 Å². The summed E-state index contributed by atoms with van der Waals surface area (Å²) in [6.45, 7) is 5.70. The van der Waals surface area contributed by atoms with E-state index in [2.05, 4.69) is 0 Å². The van der Waals surface area contributed by atoms with Gasteiger partial charge in [-0.2, -0.15) is 5.26 Å². The lowest BCUT2D eigenvalue weighted by atomic mass is 10.1. The van der Waals surface area contributed by atoms with E-state index in [1.807, 2.05) is 25.7 Å². The van der Waals surface area contributed by atoms with Crippen molar-refractivity contribution in [1.29, 1.82) is 5.26 Å². The Kier molecular flexibility index (Phi) is 3.78. The highest BCUT2D eigenvalue weighted by Crippen LogP contribution is 2.24. The van der Waals surface area contributed by atoms with Crippen molar-refractivity contribution in [3.8, 4) is 6.07 Å². The lowest BCUT2D eigenvalue weighted by molar-refractivity contribution is 0.249. The van der Waals surface area contributed by atoms with Gasteiger partial charge in [0.05, 0.1) is 6.07 Å². The van der Waals surface area contributed by atoms with E-state index in [1.54, 1.807) is 0 Å². The Bertz CT molecular complexity index is 423. The van der Waals surface area contributed by atoms with Crippen LogP contribution in [0.1, 0.15) is 11.7 Å². The molecule has 0 fully saturated rings. The average Bonchev–Trinajstić information content (AvgIpc) is 2.13. The highest BCUT2D eigenvalue weighted by molar-refractivity contribution is 6.69. The summed E-state index contributed by atoms with van der Waals surface area (Å²) < 4.78 is 31.6. The van der Waals surface area contributed by atoms with Gasteiger partial charge in [0.2, 0.25) is 0 Å². The van der Waals surface area contributed by atoms with Crippen LogP contribution in [-0.4, -0.2) is 8.32 Å². The third kappa shape index (κ3) is 3.40. The van der Waals surface area contributed by atoms with Gasteiger partial charge in [0.1, 0.15) is 11.6 Å². The van der Waals surface area contributed by atoms with Crippen molar-refractivity contribution >= 4 is 8.32 Å². The summed E-state index contributed by atoms with van der Waals surface area (Å²) in [7, 11) is -1.94. The minimum absolute atomic E-state index is 0.0892. The van der Waals surface area contributed by atoms with Crippen molar-refractivity contribution in [1.82, 2.24) is 0 Å². The summed E-state index contributed by atoms with van der Waals surface area (Å²) in [5, 5.41) is 8.92. The summed E-state index contributed by atoms with van der Waals surface area (Å²) in [5.74, 6) is -1.41. The number of nitrogens with zero attached hydrogens (tertiary/aromatic N) is 1. The molecule has 1 atom stereocenters. The third-order valence-electron chi connectivity index (χ3n) is 1.83. The predicted octanol–water partition coefficient (Wildman–Crippen LogP) is 3.38. The monoisotopic (exact) mass is 241 g/mol. The van der Waals surface area contributed by atoms with Gasteiger partial charge < -0.3 is 4.43 Å². The first kappa shape index (κ1) is 12.8. The molecule has 1 aromatic rings. The molecule has 0 bridgehead atoms. The summed E-state index contributed by atoms with van der Waals surface area (Å²) in [4.78, 5) is 0. The second-order valence-corrected chi connectivity index (χ2v) is 8.87. The van der Waals surface area contributed by atoms with Crippen LogP contribution in [0, 0.1) is 23.0 Å². The standard InChI is InChI=1S/C11H13F2NOSi/c1-16(2,3)15-11(7-14)9-5-4-8(12)6-10(9)13/h4-6,11H,1-3H3. The van der Waals surface area contributed by atoms with Gasteiger partial charge in [-0.25, -0.2) is 8.78 Å². The number of halogens is 2. The Balaban J connectivity index is 3.01. The van der Waals surface area contributed by atoms with Crippen LogP contribution in [0.5, 0.6) is 0 Å². The van der Waals surface area contributed by atoms with Gasteiger partial charge in [-0.1, -0.05) is 0 Å². The molecular weight excluding hydrogens is 228 g/mol. The van der Waals surface area contributed by atoms with Crippen LogP contribution >= 0.6 is 0 Å². The lowest BCUT2D eigenvalue weighted by Crippen LogP contribution is -2.27. The van der Waals surface area contributed by atoms with Gasteiger partial charge in [0, 0.05) is 11.6 Å². The molecule has 1 rings (SSSR count). The Hall–Kier alpha value is -1.25. The van der Waals surface area contributed by atoms with Crippen LogP contribution in [0.15, 0.2) is 18.2 Å². The number of nitriles is 1. The molecule has 0 aliphatic rings. The van der Waals surface area contributed by atoms with E-state index in [9.17, 15) is 8.78 Å². The van der Waals surface area contributed by atoms with Crippen molar-refractivity contribution < 1.29 is 13.2 Å². The predicted molar refractivity (Wildman–Crippen MR) is 59.1 cm³/mol. The smallest absolute Gasteiger partial charge is 0.186 e. The molecule has 0 aliphatic carbocycles. The van der Waals surface area contributed by atoms with E-state index in [4.69, 9.17) is 9.69 Å². The Labute approximate surface area is 94.6 Å². The minimum Gasteiger partial charge on any atom is -0.399 e. The first-order chi connectivity index (χ1) is 7.33. The quantitative estimate of drug-likeness (QED) is 0.760. The van der Waals surface area contributed by atoms with Gasteiger partial charge in [0.25, 0.3) is 0 Å². The number of rotatable bonds is 3. The van der Waals surface area contributed by atoms with Gasteiger partial charge in [-0.15, -0.1) is 0 Å². The molecule has 0 heterocycles. The molecule has 0 aromatic heterocycles. The topological polar surface area (TPSA) is 33.0 Å². The summed E-state index contributed by atoms with van der Waals surface area (Å²) in [5.41, 5.74) is 0.0892. The molecule has 1 unspecified atom stereocenters. The van der Waals surface area contributed by atoms with E-state index in [-0.39, 0.29) is 5.56 Å². The molecule has 2 nitrogen and oxygen atoms in total.